The van der Waals surface area contributed by atoms with E-state index in [0.29, 0.717) is 11.6 Å². The van der Waals surface area contributed by atoms with Gasteiger partial charge < -0.3 is 0 Å². The first kappa shape index (κ1) is 13.7. The van der Waals surface area contributed by atoms with E-state index in [1.165, 1.54) is 0 Å². The minimum absolute atomic E-state index is 0.454. The summed E-state index contributed by atoms with van der Waals surface area (Å²) in [7, 11) is 0. The standard InChI is InChI=1S/C16H11Cl2N/c17-15-8-6-14(7-9-15)12-19-10-2-4-13-3-1-5-16(18)11-13/h1,3,5-9,11-12H,10H2. The molecule has 0 aromatic heterocycles. The lowest BCUT2D eigenvalue weighted by atomic mass is 10.2. The molecule has 0 aliphatic carbocycles. The third kappa shape index (κ3) is 4.79. The Morgan fingerprint density at radius 1 is 1.00 bits per heavy atom. The van der Waals surface area contributed by atoms with Crippen molar-refractivity contribution >= 4 is 29.4 Å². The molecule has 0 fully saturated rings. The van der Waals surface area contributed by atoms with Crippen molar-refractivity contribution in [1.82, 2.24) is 0 Å². The lowest BCUT2D eigenvalue weighted by Gasteiger charge is -1.92. The summed E-state index contributed by atoms with van der Waals surface area (Å²) >= 11 is 11.7. The Balaban J connectivity index is 1.92. The molecule has 1 nitrogen and oxygen atoms in total. The van der Waals surface area contributed by atoms with Crippen molar-refractivity contribution in [3.8, 4) is 11.8 Å². The largest absolute Gasteiger partial charge is 0.280 e. The van der Waals surface area contributed by atoms with Crippen LogP contribution in [0.4, 0.5) is 0 Å². The molecule has 19 heavy (non-hydrogen) atoms. The Morgan fingerprint density at radius 3 is 2.53 bits per heavy atom. The van der Waals surface area contributed by atoms with Gasteiger partial charge in [-0.3, -0.25) is 4.99 Å². The lowest BCUT2D eigenvalue weighted by Crippen LogP contribution is -1.82. The fraction of sp³-hybridized carbons (Fsp3) is 0.0625. The predicted molar refractivity (Wildman–Crippen MR) is 82.2 cm³/mol. The van der Waals surface area contributed by atoms with E-state index in [-0.39, 0.29) is 0 Å². The van der Waals surface area contributed by atoms with Gasteiger partial charge in [0, 0.05) is 21.8 Å². The Bertz CT molecular complexity index is 634. The van der Waals surface area contributed by atoms with Gasteiger partial charge in [0.05, 0.1) is 0 Å². The molecule has 0 radical (unpaired) electrons. The second kappa shape index (κ2) is 6.99. The molecular weight excluding hydrogens is 277 g/mol. The molecule has 94 valence electrons. The number of halogens is 2. The summed E-state index contributed by atoms with van der Waals surface area (Å²) in [4.78, 5) is 4.23. The summed E-state index contributed by atoms with van der Waals surface area (Å²) in [6, 6.07) is 14.9. The maximum atomic E-state index is 5.87. The fourth-order valence-electron chi connectivity index (χ4n) is 1.45. The summed E-state index contributed by atoms with van der Waals surface area (Å²) in [6.07, 6.45) is 1.78. The van der Waals surface area contributed by atoms with Gasteiger partial charge in [0.2, 0.25) is 0 Å². The first-order valence-corrected chi connectivity index (χ1v) is 6.49. The van der Waals surface area contributed by atoms with E-state index in [1.807, 2.05) is 48.5 Å². The topological polar surface area (TPSA) is 12.4 Å². The Labute approximate surface area is 122 Å². The molecule has 2 aromatic carbocycles. The van der Waals surface area contributed by atoms with Crippen molar-refractivity contribution < 1.29 is 0 Å². The molecule has 2 aromatic rings. The Morgan fingerprint density at radius 2 is 1.79 bits per heavy atom. The number of hydrogen-bond donors (Lipinski definition) is 0. The van der Waals surface area contributed by atoms with Gasteiger partial charge in [-0.15, -0.1) is 0 Å². The third-order valence-electron chi connectivity index (χ3n) is 2.34. The van der Waals surface area contributed by atoms with Crippen molar-refractivity contribution in [3.63, 3.8) is 0 Å². The minimum Gasteiger partial charge on any atom is -0.280 e. The SMILES string of the molecule is Clc1ccc(C=NCC#Cc2cccc(Cl)c2)cc1. The van der Waals surface area contributed by atoms with Crippen LogP contribution >= 0.6 is 23.2 Å². The van der Waals surface area contributed by atoms with E-state index in [0.717, 1.165) is 16.1 Å². The van der Waals surface area contributed by atoms with E-state index in [9.17, 15) is 0 Å². The zero-order chi connectivity index (χ0) is 13.5. The summed E-state index contributed by atoms with van der Waals surface area (Å²) in [5, 5.41) is 1.41. The van der Waals surface area contributed by atoms with Crippen molar-refractivity contribution in [1.29, 1.82) is 0 Å². The summed E-state index contributed by atoms with van der Waals surface area (Å²) < 4.78 is 0. The first-order valence-electron chi connectivity index (χ1n) is 5.74. The zero-order valence-electron chi connectivity index (χ0n) is 10.1. The first-order chi connectivity index (χ1) is 9.24. The highest BCUT2D eigenvalue weighted by Crippen LogP contribution is 2.09. The molecule has 0 atom stereocenters. The van der Waals surface area contributed by atoms with Crippen LogP contribution < -0.4 is 0 Å². The molecule has 0 aliphatic rings. The third-order valence-corrected chi connectivity index (χ3v) is 2.83. The molecule has 0 unspecified atom stereocenters. The van der Waals surface area contributed by atoms with Gasteiger partial charge in [-0.2, -0.15) is 0 Å². The van der Waals surface area contributed by atoms with Gasteiger partial charge in [-0.1, -0.05) is 53.2 Å². The maximum absolute atomic E-state index is 5.87. The highest BCUT2D eigenvalue weighted by atomic mass is 35.5. The molecular formula is C16H11Cl2N. The molecule has 2 rings (SSSR count). The van der Waals surface area contributed by atoms with Crippen molar-refractivity contribution in [3.05, 3.63) is 69.7 Å². The number of nitrogens with zero attached hydrogens (tertiary/aromatic N) is 1. The molecule has 0 saturated carbocycles. The zero-order valence-corrected chi connectivity index (χ0v) is 11.6. The van der Waals surface area contributed by atoms with Crippen LogP contribution in [-0.4, -0.2) is 12.8 Å². The molecule has 3 heteroatoms. The van der Waals surface area contributed by atoms with E-state index in [4.69, 9.17) is 23.2 Å². The van der Waals surface area contributed by atoms with Crippen molar-refractivity contribution in [2.75, 3.05) is 6.54 Å². The van der Waals surface area contributed by atoms with Gasteiger partial charge >= 0.3 is 0 Å². The summed E-state index contributed by atoms with van der Waals surface area (Å²) in [5.41, 5.74) is 1.91. The highest BCUT2D eigenvalue weighted by Gasteiger charge is 1.88. The van der Waals surface area contributed by atoms with Crippen LogP contribution in [0.2, 0.25) is 10.0 Å². The van der Waals surface area contributed by atoms with E-state index in [2.05, 4.69) is 16.8 Å². The molecule has 0 saturated heterocycles. The summed E-state index contributed by atoms with van der Waals surface area (Å²) in [6.45, 7) is 0.454. The van der Waals surface area contributed by atoms with E-state index >= 15 is 0 Å². The van der Waals surface area contributed by atoms with Crippen LogP contribution in [0.15, 0.2) is 53.5 Å². The van der Waals surface area contributed by atoms with Crippen molar-refractivity contribution in [2.45, 2.75) is 0 Å². The number of benzene rings is 2. The van der Waals surface area contributed by atoms with E-state index in [1.54, 1.807) is 6.21 Å². The average Bonchev–Trinajstić information content (AvgIpc) is 2.41. The second-order valence-corrected chi connectivity index (χ2v) is 4.71. The van der Waals surface area contributed by atoms with Crippen LogP contribution in [0.3, 0.4) is 0 Å². The van der Waals surface area contributed by atoms with E-state index < -0.39 is 0 Å². The molecule has 0 spiro atoms. The van der Waals surface area contributed by atoms with Gasteiger partial charge in [-0.25, -0.2) is 0 Å². The molecule has 0 amide bonds. The second-order valence-electron chi connectivity index (χ2n) is 3.83. The van der Waals surface area contributed by atoms with Crippen LogP contribution in [0.5, 0.6) is 0 Å². The number of hydrogen-bond acceptors (Lipinski definition) is 1. The monoisotopic (exact) mass is 287 g/mol. The number of rotatable bonds is 2. The molecule has 0 aliphatic heterocycles. The van der Waals surface area contributed by atoms with Crippen LogP contribution in [-0.2, 0) is 0 Å². The smallest absolute Gasteiger partial charge is 0.100 e. The lowest BCUT2D eigenvalue weighted by molar-refractivity contribution is 1.30. The fourth-order valence-corrected chi connectivity index (χ4v) is 1.77. The summed E-state index contributed by atoms with van der Waals surface area (Å²) in [5.74, 6) is 5.99. The molecule has 0 N–H and O–H groups in total. The highest BCUT2D eigenvalue weighted by molar-refractivity contribution is 6.30. The van der Waals surface area contributed by atoms with Crippen LogP contribution in [0.25, 0.3) is 0 Å². The molecule has 0 bridgehead atoms. The van der Waals surface area contributed by atoms with Crippen LogP contribution in [0.1, 0.15) is 11.1 Å². The minimum atomic E-state index is 0.454. The number of aliphatic imine (C=N–C) groups is 1. The van der Waals surface area contributed by atoms with Gasteiger partial charge in [-0.05, 0) is 35.9 Å². The molecule has 0 heterocycles. The average molecular weight is 288 g/mol. The Hall–Kier alpha value is -1.75. The van der Waals surface area contributed by atoms with Gasteiger partial charge in [0.25, 0.3) is 0 Å². The predicted octanol–water partition coefficient (Wildman–Crippen LogP) is 4.46. The quantitative estimate of drug-likeness (QED) is 0.571. The maximum Gasteiger partial charge on any atom is 0.100 e. The Kier molecular flexibility index (Phi) is 5.03. The normalized spacial score (nSPS) is 10.2. The van der Waals surface area contributed by atoms with Crippen LogP contribution in [0, 0.1) is 11.8 Å². The van der Waals surface area contributed by atoms with Gasteiger partial charge in [0.15, 0.2) is 0 Å². The van der Waals surface area contributed by atoms with Gasteiger partial charge in [0.1, 0.15) is 6.54 Å². The van der Waals surface area contributed by atoms with Crippen molar-refractivity contribution in [2.24, 2.45) is 4.99 Å².